The van der Waals surface area contributed by atoms with E-state index in [-0.39, 0.29) is 25.0 Å². The lowest BCUT2D eigenvalue weighted by molar-refractivity contribution is -0.132. The third-order valence-corrected chi connectivity index (χ3v) is 6.68. The number of hydrogen-bond acceptors (Lipinski definition) is 6. The van der Waals surface area contributed by atoms with Crippen molar-refractivity contribution in [2.24, 2.45) is 0 Å². The number of β-amino-alcohol motifs (C(OH)–C–C–N with tert-alkyl or cyclic N) is 1. The summed E-state index contributed by atoms with van der Waals surface area (Å²) in [4.78, 5) is 31.0. The molecule has 2 aliphatic heterocycles. The highest BCUT2D eigenvalue weighted by molar-refractivity contribution is 5.97. The lowest BCUT2D eigenvalue weighted by atomic mass is 10.00. The normalized spacial score (nSPS) is 16.5. The standard InChI is InChI=1S/C27H35N3O5/c1-3-29(4-2)26(32)19-35-23-9-10-24-25(15-23)34-14-13-30(27(24)33)18-22(31)17-28-12-11-20-7-5-6-8-21(20)16-28/h5-10,15,22,31H,3-4,11-14,16-19H2,1-2H3/t22-/m1/s1. The minimum absolute atomic E-state index is 0.0618. The molecule has 1 atom stereocenters. The van der Waals surface area contributed by atoms with E-state index < -0.39 is 6.10 Å². The predicted octanol–water partition coefficient (Wildman–Crippen LogP) is 2.19. The third-order valence-electron chi connectivity index (χ3n) is 6.68. The van der Waals surface area contributed by atoms with Crippen LogP contribution in [0, 0.1) is 0 Å². The van der Waals surface area contributed by atoms with Crippen molar-refractivity contribution in [3.63, 3.8) is 0 Å². The van der Waals surface area contributed by atoms with Gasteiger partial charge in [-0.3, -0.25) is 14.5 Å². The maximum Gasteiger partial charge on any atom is 0.260 e. The van der Waals surface area contributed by atoms with Crippen molar-refractivity contribution in [1.82, 2.24) is 14.7 Å². The van der Waals surface area contributed by atoms with Gasteiger partial charge in [0, 0.05) is 45.3 Å². The Morgan fingerprint density at radius 2 is 1.89 bits per heavy atom. The van der Waals surface area contributed by atoms with Gasteiger partial charge in [0.1, 0.15) is 18.1 Å². The van der Waals surface area contributed by atoms with Crippen molar-refractivity contribution in [2.45, 2.75) is 32.9 Å². The second-order valence-electron chi connectivity index (χ2n) is 9.02. The maximum absolute atomic E-state index is 13.2. The fourth-order valence-electron chi connectivity index (χ4n) is 4.73. The molecule has 35 heavy (non-hydrogen) atoms. The van der Waals surface area contributed by atoms with Crippen LogP contribution in [0.4, 0.5) is 0 Å². The Balaban J connectivity index is 1.34. The average Bonchev–Trinajstić information content (AvgIpc) is 3.01. The lowest BCUT2D eigenvalue weighted by Crippen LogP contribution is -2.44. The zero-order valence-electron chi connectivity index (χ0n) is 20.6. The molecule has 0 saturated heterocycles. The number of ether oxygens (including phenoxy) is 2. The van der Waals surface area contributed by atoms with Gasteiger partial charge in [-0.1, -0.05) is 24.3 Å². The first-order valence-electron chi connectivity index (χ1n) is 12.4. The summed E-state index contributed by atoms with van der Waals surface area (Å²) in [6.45, 7) is 8.24. The van der Waals surface area contributed by atoms with Gasteiger partial charge >= 0.3 is 0 Å². The summed E-state index contributed by atoms with van der Waals surface area (Å²) in [5, 5.41) is 10.8. The highest BCUT2D eigenvalue weighted by Crippen LogP contribution is 2.28. The van der Waals surface area contributed by atoms with E-state index in [1.54, 1.807) is 28.0 Å². The van der Waals surface area contributed by atoms with Crippen LogP contribution in [0.25, 0.3) is 0 Å². The van der Waals surface area contributed by atoms with Crippen LogP contribution in [0.15, 0.2) is 42.5 Å². The molecule has 2 aromatic rings. The molecular formula is C27H35N3O5. The van der Waals surface area contributed by atoms with Crippen molar-refractivity contribution in [2.75, 3.05) is 52.5 Å². The maximum atomic E-state index is 13.2. The number of benzene rings is 2. The molecule has 1 N–H and O–H groups in total. The summed E-state index contributed by atoms with van der Waals surface area (Å²) in [7, 11) is 0. The van der Waals surface area contributed by atoms with Gasteiger partial charge in [-0.2, -0.15) is 0 Å². The van der Waals surface area contributed by atoms with E-state index in [2.05, 4.69) is 23.1 Å². The highest BCUT2D eigenvalue weighted by Gasteiger charge is 2.27. The average molecular weight is 482 g/mol. The predicted molar refractivity (Wildman–Crippen MR) is 133 cm³/mol. The van der Waals surface area contributed by atoms with Gasteiger partial charge in [-0.25, -0.2) is 0 Å². The Bertz CT molecular complexity index is 1040. The van der Waals surface area contributed by atoms with Gasteiger partial charge in [0.25, 0.3) is 11.8 Å². The second-order valence-corrected chi connectivity index (χ2v) is 9.02. The topological polar surface area (TPSA) is 82.6 Å². The molecule has 8 heteroatoms. The Morgan fingerprint density at radius 3 is 2.66 bits per heavy atom. The van der Waals surface area contributed by atoms with Crippen LogP contribution in [-0.2, 0) is 17.8 Å². The number of likely N-dealkylation sites (N-methyl/N-ethyl adjacent to an activating group) is 1. The molecule has 2 heterocycles. The minimum atomic E-state index is -0.653. The summed E-state index contributed by atoms with van der Waals surface area (Å²) in [6.07, 6.45) is 0.317. The molecule has 2 aliphatic rings. The molecule has 0 unspecified atom stereocenters. The van der Waals surface area contributed by atoms with Crippen molar-refractivity contribution in [1.29, 1.82) is 0 Å². The lowest BCUT2D eigenvalue weighted by Gasteiger charge is -2.32. The second kappa shape index (κ2) is 11.6. The highest BCUT2D eigenvalue weighted by atomic mass is 16.5. The monoisotopic (exact) mass is 481 g/mol. The van der Waals surface area contributed by atoms with Crippen LogP contribution in [-0.4, -0.2) is 90.2 Å². The fourth-order valence-corrected chi connectivity index (χ4v) is 4.73. The van der Waals surface area contributed by atoms with E-state index in [9.17, 15) is 14.7 Å². The Morgan fingerprint density at radius 1 is 1.11 bits per heavy atom. The number of aliphatic hydroxyl groups is 1. The summed E-state index contributed by atoms with van der Waals surface area (Å²) in [5.74, 6) is 0.661. The van der Waals surface area contributed by atoms with Crippen LogP contribution in [0.1, 0.15) is 35.3 Å². The largest absolute Gasteiger partial charge is 0.491 e. The molecule has 2 amide bonds. The molecule has 188 valence electrons. The first-order valence-corrected chi connectivity index (χ1v) is 12.4. The van der Waals surface area contributed by atoms with Crippen LogP contribution >= 0.6 is 0 Å². The molecular weight excluding hydrogens is 446 g/mol. The molecule has 0 spiro atoms. The van der Waals surface area contributed by atoms with E-state index in [1.165, 1.54) is 11.1 Å². The summed E-state index contributed by atoms with van der Waals surface area (Å²) < 4.78 is 11.5. The Labute approximate surface area is 207 Å². The number of carbonyl (C=O) groups is 2. The summed E-state index contributed by atoms with van der Waals surface area (Å²) in [6, 6.07) is 13.4. The van der Waals surface area contributed by atoms with E-state index in [0.29, 0.717) is 49.8 Å². The number of hydrogen-bond donors (Lipinski definition) is 1. The van der Waals surface area contributed by atoms with E-state index >= 15 is 0 Å². The smallest absolute Gasteiger partial charge is 0.260 e. The molecule has 4 rings (SSSR count). The van der Waals surface area contributed by atoms with E-state index in [0.717, 1.165) is 19.5 Å². The fraction of sp³-hybridized carbons (Fsp3) is 0.481. The zero-order valence-corrected chi connectivity index (χ0v) is 20.6. The number of nitrogens with zero attached hydrogens (tertiary/aromatic N) is 3. The van der Waals surface area contributed by atoms with Gasteiger partial charge < -0.3 is 24.4 Å². The van der Waals surface area contributed by atoms with Gasteiger partial charge in [0.05, 0.1) is 18.2 Å². The minimum Gasteiger partial charge on any atom is -0.491 e. The zero-order chi connectivity index (χ0) is 24.8. The van der Waals surface area contributed by atoms with Gasteiger partial charge in [0.2, 0.25) is 0 Å². The van der Waals surface area contributed by atoms with Crippen LogP contribution in [0.2, 0.25) is 0 Å². The quantitative estimate of drug-likeness (QED) is 0.591. The summed E-state index contributed by atoms with van der Waals surface area (Å²) >= 11 is 0. The molecule has 0 bridgehead atoms. The third kappa shape index (κ3) is 6.13. The summed E-state index contributed by atoms with van der Waals surface area (Å²) in [5.41, 5.74) is 3.11. The number of amides is 2. The van der Waals surface area contributed by atoms with Crippen molar-refractivity contribution in [3.8, 4) is 11.5 Å². The number of aliphatic hydroxyl groups excluding tert-OH is 1. The molecule has 2 aromatic carbocycles. The Kier molecular flexibility index (Phi) is 8.25. The molecule has 0 fully saturated rings. The molecule has 8 nitrogen and oxygen atoms in total. The first kappa shape index (κ1) is 25.0. The molecule has 0 radical (unpaired) electrons. The van der Waals surface area contributed by atoms with Gasteiger partial charge in [-0.15, -0.1) is 0 Å². The van der Waals surface area contributed by atoms with Crippen LogP contribution in [0.5, 0.6) is 11.5 Å². The first-order chi connectivity index (χ1) is 17.0. The number of rotatable bonds is 9. The molecule has 0 aromatic heterocycles. The molecule has 0 aliphatic carbocycles. The number of carbonyl (C=O) groups excluding carboxylic acids is 2. The van der Waals surface area contributed by atoms with Gasteiger partial charge in [0.15, 0.2) is 6.61 Å². The van der Waals surface area contributed by atoms with E-state index in [4.69, 9.17) is 9.47 Å². The van der Waals surface area contributed by atoms with Gasteiger partial charge in [-0.05, 0) is 43.5 Å². The molecule has 0 saturated carbocycles. The van der Waals surface area contributed by atoms with E-state index in [1.807, 2.05) is 19.9 Å². The van der Waals surface area contributed by atoms with Crippen LogP contribution < -0.4 is 9.47 Å². The van der Waals surface area contributed by atoms with Crippen molar-refractivity contribution < 1.29 is 24.2 Å². The van der Waals surface area contributed by atoms with Crippen LogP contribution in [0.3, 0.4) is 0 Å². The van der Waals surface area contributed by atoms with Crippen molar-refractivity contribution >= 4 is 11.8 Å². The van der Waals surface area contributed by atoms with Crippen molar-refractivity contribution in [3.05, 3.63) is 59.2 Å². The number of fused-ring (bicyclic) bond motifs is 2. The Hall–Kier alpha value is -3.10. The SMILES string of the molecule is CCN(CC)C(=O)COc1ccc2c(c1)OCCN(C[C@H](O)CN1CCc3ccccc3C1)C2=O.